The Morgan fingerprint density at radius 2 is 2.09 bits per heavy atom. The standard InChI is InChI=1S/C15H21N5OS/c1-4-12(20-14(16)18-19-15(20)22-5-2)13(21)17-11-9-7-6-8-10(11)3/h6-9,12H,4-5H2,1-3H3,(H2,16,18)(H,17,21)/t12-/m0/s1. The van der Waals surface area contributed by atoms with E-state index >= 15 is 0 Å². The number of aryl methyl sites for hydroxylation is 1. The zero-order chi connectivity index (χ0) is 16.1. The van der Waals surface area contributed by atoms with Crippen LogP contribution < -0.4 is 11.1 Å². The number of nitrogen functional groups attached to an aromatic ring is 1. The molecule has 0 unspecified atom stereocenters. The van der Waals surface area contributed by atoms with Crippen LogP contribution in [-0.4, -0.2) is 26.4 Å². The fourth-order valence-electron chi connectivity index (χ4n) is 2.22. The Balaban J connectivity index is 2.26. The van der Waals surface area contributed by atoms with E-state index in [1.54, 1.807) is 4.57 Å². The van der Waals surface area contributed by atoms with Crippen molar-refractivity contribution in [1.82, 2.24) is 14.8 Å². The van der Waals surface area contributed by atoms with Crippen molar-refractivity contribution < 1.29 is 4.79 Å². The molecular weight excluding hydrogens is 298 g/mol. The lowest BCUT2D eigenvalue weighted by Crippen LogP contribution is -2.27. The summed E-state index contributed by atoms with van der Waals surface area (Å²) in [7, 11) is 0. The zero-order valence-corrected chi connectivity index (χ0v) is 13.9. The Hall–Kier alpha value is -2.02. The summed E-state index contributed by atoms with van der Waals surface area (Å²) in [5.74, 6) is 0.998. The van der Waals surface area contributed by atoms with Gasteiger partial charge in [-0.2, -0.15) is 0 Å². The molecule has 0 saturated heterocycles. The van der Waals surface area contributed by atoms with Gasteiger partial charge in [0, 0.05) is 5.69 Å². The normalized spacial score (nSPS) is 12.1. The fourth-order valence-corrected chi connectivity index (χ4v) is 2.94. The predicted molar refractivity (Wildman–Crippen MR) is 90.0 cm³/mol. The molecular formula is C15H21N5OS. The Morgan fingerprint density at radius 1 is 1.36 bits per heavy atom. The largest absolute Gasteiger partial charge is 0.368 e. The van der Waals surface area contributed by atoms with Crippen LogP contribution in [0.4, 0.5) is 11.6 Å². The molecule has 2 rings (SSSR count). The summed E-state index contributed by atoms with van der Waals surface area (Å²) < 4.78 is 1.71. The average Bonchev–Trinajstić information content (AvgIpc) is 2.85. The molecule has 1 aromatic heterocycles. The maximum absolute atomic E-state index is 12.7. The summed E-state index contributed by atoms with van der Waals surface area (Å²) >= 11 is 1.52. The van der Waals surface area contributed by atoms with Crippen LogP contribution in [0.5, 0.6) is 0 Å². The number of aromatic nitrogens is 3. The highest BCUT2D eigenvalue weighted by molar-refractivity contribution is 7.99. The molecule has 22 heavy (non-hydrogen) atoms. The molecule has 1 aromatic carbocycles. The highest BCUT2D eigenvalue weighted by Crippen LogP contribution is 2.26. The summed E-state index contributed by atoms with van der Waals surface area (Å²) in [5.41, 5.74) is 7.73. The first kappa shape index (κ1) is 16.4. The second-order valence-corrected chi connectivity index (χ2v) is 6.10. The summed E-state index contributed by atoms with van der Waals surface area (Å²) in [5, 5.41) is 11.6. The van der Waals surface area contributed by atoms with Crippen LogP contribution in [0.15, 0.2) is 29.4 Å². The number of para-hydroxylation sites is 1. The van der Waals surface area contributed by atoms with E-state index in [1.165, 1.54) is 11.8 Å². The van der Waals surface area contributed by atoms with E-state index in [9.17, 15) is 4.79 Å². The first-order valence-electron chi connectivity index (χ1n) is 7.28. The van der Waals surface area contributed by atoms with Gasteiger partial charge in [-0.05, 0) is 30.7 Å². The van der Waals surface area contributed by atoms with Crippen LogP contribution in [0, 0.1) is 6.92 Å². The molecule has 0 aliphatic heterocycles. The number of carbonyl (C=O) groups is 1. The minimum atomic E-state index is -0.427. The van der Waals surface area contributed by atoms with Crippen LogP contribution in [0.3, 0.4) is 0 Å². The van der Waals surface area contributed by atoms with Gasteiger partial charge in [-0.15, -0.1) is 10.2 Å². The number of anilines is 2. The van der Waals surface area contributed by atoms with Crippen molar-refractivity contribution in [3.63, 3.8) is 0 Å². The van der Waals surface area contributed by atoms with E-state index in [0.29, 0.717) is 11.6 Å². The SMILES string of the molecule is CCSc1nnc(N)n1[C@@H](CC)C(=O)Nc1ccccc1C. The molecule has 0 radical (unpaired) electrons. The minimum absolute atomic E-state index is 0.110. The van der Waals surface area contributed by atoms with E-state index in [0.717, 1.165) is 17.0 Å². The van der Waals surface area contributed by atoms with E-state index in [-0.39, 0.29) is 11.9 Å². The molecule has 0 aliphatic carbocycles. The van der Waals surface area contributed by atoms with Gasteiger partial charge in [-0.3, -0.25) is 9.36 Å². The van der Waals surface area contributed by atoms with Gasteiger partial charge in [0.2, 0.25) is 11.9 Å². The van der Waals surface area contributed by atoms with Crippen LogP contribution in [0.1, 0.15) is 31.9 Å². The van der Waals surface area contributed by atoms with Gasteiger partial charge >= 0.3 is 0 Å². The smallest absolute Gasteiger partial charge is 0.247 e. The molecule has 0 aliphatic rings. The van der Waals surface area contributed by atoms with Crippen LogP contribution in [0.2, 0.25) is 0 Å². The van der Waals surface area contributed by atoms with E-state index < -0.39 is 6.04 Å². The Kier molecular flexibility index (Phi) is 5.43. The highest BCUT2D eigenvalue weighted by atomic mass is 32.2. The molecule has 0 saturated carbocycles. The number of nitrogens with zero attached hydrogens (tertiary/aromatic N) is 3. The first-order valence-corrected chi connectivity index (χ1v) is 8.26. The third-order valence-electron chi connectivity index (χ3n) is 3.37. The quantitative estimate of drug-likeness (QED) is 0.800. The molecule has 118 valence electrons. The van der Waals surface area contributed by atoms with Gasteiger partial charge in [-0.25, -0.2) is 0 Å². The second kappa shape index (κ2) is 7.31. The van der Waals surface area contributed by atoms with E-state index in [4.69, 9.17) is 5.73 Å². The molecule has 1 heterocycles. The second-order valence-electron chi connectivity index (χ2n) is 4.87. The molecule has 0 spiro atoms. The van der Waals surface area contributed by atoms with Gasteiger partial charge < -0.3 is 11.1 Å². The third-order valence-corrected chi connectivity index (χ3v) is 4.19. The third kappa shape index (κ3) is 3.41. The lowest BCUT2D eigenvalue weighted by Gasteiger charge is -2.19. The van der Waals surface area contributed by atoms with Crippen LogP contribution >= 0.6 is 11.8 Å². The van der Waals surface area contributed by atoms with Crippen molar-refractivity contribution in [2.24, 2.45) is 0 Å². The number of hydrogen-bond donors (Lipinski definition) is 2. The molecule has 3 N–H and O–H groups in total. The maximum atomic E-state index is 12.7. The van der Waals surface area contributed by atoms with Crippen molar-refractivity contribution in [2.75, 3.05) is 16.8 Å². The zero-order valence-electron chi connectivity index (χ0n) is 13.0. The molecule has 7 heteroatoms. The summed E-state index contributed by atoms with van der Waals surface area (Å²) in [6.07, 6.45) is 0.608. The van der Waals surface area contributed by atoms with Crippen molar-refractivity contribution >= 4 is 29.3 Å². The maximum Gasteiger partial charge on any atom is 0.247 e. The summed E-state index contributed by atoms with van der Waals surface area (Å²) in [4.78, 5) is 12.7. The van der Waals surface area contributed by atoms with Crippen LogP contribution in [-0.2, 0) is 4.79 Å². The number of amides is 1. The highest BCUT2D eigenvalue weighted by Gasteiger charge is 2.24. The summed E-state index contributed by atoms with van der Waals surface area (Å²) in [6.45, 7) is 5.93. The molecule has 0 bridgehead atoms. The number of carbonyl (C=O) groups excluding carboxylic acids is 1. The van der Waals surface area contributed by atoms with Gasteiger partial charge in [0.05, 0.1) is 0 Å². The van der Waals surface area contributed by atoms with E-state index in [1.807, 2.05) is 45.0 Å². The van der Waals surface area contributed by atoms with Gasteiger partial charge in [0.25, 0.3) is 0 Å². The van der Waals surface area contributed by atoms with E-state index in [2.05, 4.69) is 15.5 Å². The lowest BCUT2D eigenvalue weighted by molar-refractivity contribution is -0.119. The number of benzene rings is 1. The minimum Gasteiger partial charge on any atom is -0.368 e. The molecule has 1 atom stereocenters. The molecule has 6 nitrogen and oxygen atoms in total. The van der Waals surface area contributed by atoms with Crippen molar-refractivity contribution in [3.05, 3.63) is 29.8 Å². The first-order chi connectivity index (χ1) is 10.6. The van der Waals surface area contributed by atoms with Crippen molar-refractivity contribution in [2.45, 2.75) is 38.4 Å². The van der Waals surface area contributed by atoms with Crippen LogP contribution in [0.25, 0.3) is 0 Å². The number of hydrogen-bond acceptors (Lipinski definition) is 5. The fraction of sp³-hybridized carbons (Fsp3) is 0.400. The lowest BCUT2D eigenvalue weighted by atomic mass is 10.1. The number of thioether (sulfide) groups is 1. The molecule has 1 amide bonds. The Bertz CT molecular complexity index is 655. The monoisotopic (exact) mass is 319 g/mol. The summed E-state index contributed by atoms with van der Waals surface area (Å²) in [6, 6.07) is 7.26. The van der Waals surface area contributed by atoms with Gasteiger partial charge in [0.15, 0.2) is 5.16 Å². The number of nitrogens with two attached hydrogens (primary N) is 1. The van der Waals surface area contributed by atoms with Crippen molar-refractivity contribution in [3.8, 4) is 0 Å². The van der Waals surface area contributed by atoms with Gasteiger partial charge in [0.1, 0.15) is 6.04 Å². The van der Waals surface area contributed by atoms with Crippen molar-refractivity contribution in [1.29, 1.82) is 0 Å². The number of rotatable bonds is 6. The Morgan fingerprint density at radius 3 is 2.73 bits per heavy atom. The molecule has 0 fully saturated rings. The van der Waals surface area contributed by atoms with Gasteiger partial charge in [-0.1, -0.05) is 43.8 Å². The Labute approximate surface area is 134 Å². The molecule has 2 aromatic rings. The number of nitrogens with one attached hydrogen (secondary N) is 1. The predicted octanol–water partition coefficient (Wildman–Crippen LogP) is 2.87. The average molecular weight is 319 g/mol. The topological polar surface area (TPSA) is 85.8 Å².